The first-order chi connectivity index (χ1) is 6.16. The Labute approximate surface area is 86.8 Å². The maximum Gasteiger partial charge on any atom is 0.212 e. The summed E-state index contributed by atoms with van der Waals surface area (Å²) >= 11 is 0. The summed E-state index contributed by atoms with van der Waals surface area (Å²) in [4.78, 5) is 0. The van der Waals surface area contributed by atoms with Gasteiger partial charge >= 0.3 is 0 Å². The average molecular weight is 223 g/mol. The number of aliphatic hydroxyl groups excluding tert-OH is 1. The Morgan fingerprint density at radius 3 is 2.21 bits per heavy atom. The minimum Gasteiger partial charge on any atom is -0.396 e. The molecule has 86 valence electrons. The third-order valence-corrected chi connectivity index (χ3v) is 3.44. The third-order valence-electron chi connectivity index (χ3n) is 1.59. The van der Waals surface area contributed by atoms with E-state index in [0.717, 1.165) is 0 Å². The lowest BCUT2D eigenvalue weighted by Crippen LogP contribution is -2.35. The molecule has 0 radical (unpaired) electrons. The number of hydrogen-bond acceptors (Lipinski definition) is 3. The number of hydrogen-bond donors (Lipinski definition) is 2. The first kappa shape index (κ1) is 13.9. The van der Waals surface area contributed by atoms with Gasteiger partial charge in [0.05, 0.1) is 5.75 Å². The molecule has 2 N–H and O–H groups in total. The molecular formula is C9H21NO3S. The van der Waals surface area contributed by atoms with Gasteiger partial charge in [-0.05, 0) is 11.3 Å². The zero-order valence-electron chi connectivity index (χ0n) is 9.37. The van der Waals surface area contributed by atoms with Gasteiger partial charge in [-0.25, -0.2) is 13.1 Å². The average Bonchev–Trinajstić information content (AvgIpc) is 1.96. The van der Waals surface area contributed by atoms with Crippen LogP contribution in [0.2, 0.25) is 0 Å². The number of sulfonamides is 1. The molecule has 0 aromatic heterocycles. The minimum absolute atomic E-state index is 0.00195. The molecule has 0 spiro atoms. The van der Waals surface area contributed by atoms with E-state index >= 15 is 0 Å². The first-order valence-electron chi connectivity index (χ1n) is 4.74. The van der Waals surface area contributed by atoms with Crippen LogP contribution in [0, 0.1) is 11.3 Å². The van der Waals surface area contributed by atoms with Gasteiger partial charge < -0.3 is 5.11 Å². The van der Waals surface area contributed by atoms with Crippen molar-refractivity contribution >= 4 is 10.0 Å². The van der Waals surface area contributed by atoms with Gasteiger partial charge in [0.2, 0.25) is 10.0 Å². The van der Waals surface area contributed by atoms with Gasteiger partial charge in [0, 0.05) is 13.2 Å². The molecule has 0 aliphatic carbocycles. The molecule has 0 bridgehead atoms. The Balaban J connectivity index is 4.10. The molecule has 0 saturated heterocycles. The zero-order chi connectivity index (χ0) is 11.4. The normalized spacial score (nSPS) is 15.5. The Kier molecular flexibility index (Phi) is 5.05. The van der Waals surface area contributed by atoms with Crippen LogP contribution in [-0.4, -0.2) is 32.4 Å². The second-order valence-corrected chi connectivity index (χ2v) is 6.76. The molecule has 0 aromatic carbocycles. The van der Waals surface area contributed by atoms with Gasteiger partial charge in [0.25, 0.3) is 0 Å². The maximum atomic E-state index is 11.5. The highest BCUT2D eigenvalue weighted by Crippen LogP contribution is 2.15. The van der Waals surface area contributed by atoms with Crippen molar-refractivity contribution in [2.45, 2.75) is 27.7 Å². The molecule has 0 fully saturated rings. The van der Waals surface area contributed by atoms with E-state index in [-0.39, 0.29) is 23.7 Å². The molecule has 4 nitrogen and oxygen atoms in total. The number of aliphatic hydroxyl groups is 1. The van der Waals surface area contributed by atoms with Crippen molar-refractivity contribution in [2.75, 3.05) is 18.9 Å². The molecule has 0 heterocycles. The summed E-state index contributed by atoms with van der Waals surface area (Å²) < 4.78 is 25.4. The van der Waals surface area contributed by atoms with E-state index < -0.39 is 10.0 Å². The van der Waals surface area contributed by atoms with Gasteiger partial charge in [-0.2, -0.15) is 0 Å². The van der Waals surface area contributed by atoms with Crippen molar-refractivity contribution < 1.29 is 13.5 Å². The van der Waals surface area contributed by atoms with Crippen LogP contribution in [0.25, 0.3) is 0 Å². The fourth-order valence-corrected chi connectivity index (χ4v) is 2.74. The van der Waals surface area contributed by atoms with Crippen LogP contribution in [-0.2, 0) is 10.0 Å². The summed E-state index contributed by atoms with van der Waals surface area (Å²) in [6.07, 6.45) is 0. The van der Waals surface area contributed by atoms with Crippen molar-refractivity contribution in [1.29, 1.82) is 0 Å². The summed E-state index contributed by atoms with van der Waals surface area (Å²) in [7, 11) is -3.21. The fraction of sp³-hybridized carbons (Fsp3) is 1.00. The van der Waals surface area contributed by atoms with E-state index in [1.165, 1.54) is 0 Å². The summed E-state index contributed by atoms with van der Waals surface area (Å²) in [5, 5.41) is 8.73. The highest BCUT2D eigenvalue weighted by atomic mass is 32.2. The Morgan fingerprint density at radius 2 is 1.86 bits per heavy atom. The SMILES string of the molecule is CC(CO)CNS(=O)(=O)CC(C)(C)C. The molecule has 0 aliphatic rings. The van der Waals surface area contributed by atoms with Crippen LogP contribution in [0.15, 0.2) is 0 Å². The third kappa shape index (κ3) is 7.29. The summed E-state index contributed by atoms with van der Waals surface area (Å²) in [6, 6.07) is 0. The molecule has 0 aromatic rings. The van der Waals surface area contributed by atoms with E-state index in [9.17, 15) is 8.42 Å². The summed E-state index contributed by atoms with van der Waals surface area (Å²) in [6.45, 7) is 7.72. The van der Waals surface area contributed by atoms with E-state index in [1.54, 1.807) is 6.92 Å². The minimum atomic E-state index is -3.21. The highest BCUT2D eigenvalue weighted by Gasteiger charge is 2.21. The Bertz CT molecular complexity index is 254. The van der Waals surface area contributed by atoms with Crippen molar-refractivity contribution in [1.82, 2.24) is 4.72 Å². The smallest absolute Gasteiger partial charge is 0.212 e. The number of rotatable bonds is 5. The molecule has 1 unspecified atom stereocenters. The molecule has 0 saturated carbocycles. The van der Waals surface area contributed by atoms with E-state index in [0.29, 0.717) is 6.54 Å². The van der Waals surface area contributed by atoms with Crippen LogP contribution in [0.3, 0.4) is 0 Å². The van der Waals surface area contributed by atoms with E-state index in [2.05, 4.69) is 4.72 Å². The number of nitrogens with one attached hydrogen (secondary N) is 1. The van der Waals surface area contributed by atoms with Crippen LogP contribution in [0.1, 0.15) is 27.7 Å². The summed E-state index contributed by atoms with van der Waals surface area (Å²) in [5.41, 5.74) is -0.242. The Hall–Kier alpha value is -0.130. The van der Waals surface area contributed by atoms with Crippen LogP contribution >= 0.6 is 0 Å². The molecule has 0 rings (SSSR count). The quantitative estimate of drug-likeness (QED) is 0.716. The lowest BCUT2D eigenvalue weighted by atomic mass is 10.0. The van der Waals surface area contributed by atoms with Gasteiger partial charge in [-0.1, -0.05) is 27.7 Å². The van der Waals surface area contributed by atoms with Gasteiger partial charge in [-0.3, -0.25) is 0 Å². The lowest BCUT2D eigenvalue weighted by Gasteiger charge is -2.19. The molecule has 0 amide bonds. The van der Waals surface area contributed by atoms with Crippen molar-refractivity contribution in [2.24, 2.45) is 11.3 Å². The molecule has 0 aliphatic heterocycles. The van der Waals surface area contributed by atoms with Gasteiger partial charge in [-0.15, -0.1) is 0 Å². The molecular weight excluding hydrogens is 202 g/mol. The van der Waals surface area contributed by atoms with Crippen LogP contribution < -0.4 is 4.72 Å². The van der Waals surface area contributed by atoms with Gasteiger partial charge in [0.15, 0.2) is 0 Å². The first-order valence-corrected chi connectivity index (χ1v) is 6.40. The largest absolute Gasteiger partial charge is 0.396 e. The van der Waals surface area contributed by atoms with Crippen LogP contribution in [0.5, 0.6) is 0 Å². The monoisotopic (exact) mass is 223 g/mol. The van der Waals surface area contributed by atoms with Crippen molar-refractivity contribution in [3.8, 4) is 0 Å². The maximum absolute atomic E-state index is 11.5. The van der Waals surface area contributed by atoms with Crippen molar-refractivity contribution in [3.63, 3.8) is 0 Å². The molecule has 5 heteroatoms. The lowest BCUT2D eigenvalue weighted by molar-refractivity contribution is 0.238. The second kappa shape index (κ2) is 5.09. The predicted molar refractivity (Wildman–Crippen MR) is 57.5 cm³/mol. The summed E-state index contributed by atoms with van der Waals surface area (Å²) in [5.74, 6) is 0.0720. The second-order valence-electron chi connectivity index (χ2n) is 4.96. The van der Waals surface area contributed by atoms with E-state index in [4.69, 9.17) is 5.11 Å². The molecule has 1 atom stereocenters. The Morgan fingerprint density at radius 1 is 1.36 bits per heavy atom. The van der Waals surface area contributed by atoms with E-state index in [1.807, 2.05) is 20.8 Å². The fourth-order valence-electron chi connectivity index (χ4n) is 0.955. The zero-order valence-corrected chi connectivity index (χ0v) is 10.2. The molecule has 14 heavy (non-hydrogen) atoms. The predicted octanol–water partition coefficient (Wildman–Crippen LogP) is 0.580. The topological polar surface area (TPSA) is 66.4 Å². The highest BCUT2D eigenvalue weighted by molar-refractivity contribution is 7.89. The standard InChI is InChI=1S/C9H21NO3S/c1-8(6-11)5-10-14(12,13)7-9(2,3)4/h8,10-11H,5-7H2,1-4H3. The van der Waals surface area contributed by atoms with Crippen molar-refractivity contribution in [3.05, 3.63) is 0 Å². The van der Waals surface area contributed by atoms with Crippen LogP contribution in [0.4, 0.5) is 0 Å². The van der Waals surface area contributed by atoms with Gasteiger partial charge in [0.1, 0.15) is 0 Å².